The maximum absolute atomic E-state index is 5.74. The van der Waals surface area contributed by atoms with Gasteiger partial charge in [-0.25, -0.2) is 0 Å². The Hall–Kier alpha value is -2.49. The number of nitrogens with two attached hydrogens (primary N) is 1. The smallest absolute Gasteiger partial charge is 0.132 e. The standard InChI is InChI=1S/C15H15N3O/c1-18-15(16)9-13(17-18)10-19-14-7-6-11-4-2-3-5-12(11)8-14/h2-9H,10,16H2,1H3. The van der Waals surface area contributed by atoms with E-state index >= 15 is 0 Å². The number of benzene rings is 2. The van der Waals surface area contributed by atoms with E-state index in [1.165, 1.54) is 10.8 Å². The zero-order valence-corrected chi connectivity index (χ0v) is 10.7. The number of hydrogen-bond donors (Lipinski definition) is 1. The molecule has 3 rings (SSSR count). The van der Waals surface area contributed by atoms with Crippen LogP contribution in [0, 0.1) is 0 Å². The highest BCUT2D eigenvalue weighted by molar-refractivity contribution is 5.83. The Morgan fingerprint density at radius 1 is 1.11 bits per heavy atom. The van der Waals surface area contributed by atoms with Crippen LogP contribution >= 0.6 is 0 Å². The summed E-state index contributed by atoms with van der Waals surface area (Å²) in [6.07, 6.45) is 0. The normalized spacial score (nSPS) is 10.8. The molecule has 4 heteroatoms. The average Bonchev–Trinajstić information content (AvgIpc) is 2.75. The van der Waals surface area contributed by atoms with Gasteiger partial charge in [-0.2, -0.15) is 5.10 Å². The van der Waals surface area contributed by atoms with Crippen LogP contribution in [0.15, 0.2) is 48.5 Å². The van der Waals surface area contributed by atoms with E-state index in [0.29, 0.717) is 12.4 Å². The molecule has 19 heavy (non-hydrogen) atoms. The van der Waals surface area contributed by atoms with Crippen LogP contribution in [0.4, 0.5) is 5.82 Å². The van der Waals surface area contributed by atoms with Crippen LogP contribution in [0.5, 0.6) is 5.75 Å². The third kappa shape index (κ3) is 2.38. The molecule has 0 atom stereocenters. The van der Waals surface area contributed by atoms with E-state index < -0.39 is 0 Å². The van der Waals surface area contributed by atoms with Crippen molar-refractivity contribution >= 4 is 16.6 Å². The van der Waals surface area contributed by atoms with Crippen molar-refractivity contribution in [3.8, 4) is 5.75 Å². The Bertz CT molecular complexity index is 699. The number of hydrogen-bond acceptors (Lipinski definition) is 3. The molecular formula is C15H15N3O. The Balaban J connectivity index is 1.78. The Morgan fingerprint density at radius 2 is 1.89 bits per heavy atom. The summed E-state index contributed by atoms with van der Waals surface area (Å²) in [5, 5.41) is 6.63. The maximum Gasteiger partial charge on any atom is 0.132 e. The van der Waals surface area contributed by atoms with Crippen LogP contribution in [0.3, 0.4) is 0 Å². The Morgan fingerprint density at radius 3 is 2.63 bits per heavy atom. The molecule has 3 aromatic rings. The van der Waals surface area contributed by atoms with Gasteiger partial charge in [0, 0.05) is 13.1 Å². The SMILES string of the molecule is Cn1nc(COc2ccc3ccccc3c2)cc1N. The van der Waals surface area contributed by atoms with E-state index in [4.69, 9.17) is 10.5 Å². The first-order valence-corrected chi connectivity index (χ1v) is 6.12. The lowest BCUT2D eigenvalue weighted by Gasteiger charge is -2.05. The number of fused-ring (bicyclic) bond motifs is 1. The van der Waals surface area contributed by atoms with Gasteiger partial charge < -0.3 is 10.5 Å². The first-order valence-electron chi connectivity index (χ1n) is 6.12. The minimum atomic E-state index is 0.420. The Labute approximate surface area is 111 Å². The van der Waals surface area contributed by atoms with Crippen LogP contribution in [-0.2, 0) is 13.7 Å². The second-order valence-electron chi connectivity index (χ2n) is 4.48. The molecule has 0 aliphatic carbocycles. The van der Waals surface area contributed by atoms with Gasteiger partial charge in [-0.15, -0.1) is 0 Å². The molecule has 2 N–H and O–H groups in total. The number of ether oxygens (including phenoxy) is 1. The number of anilines is 1. The zero-order valence-electron chi connectivity index (χ0n) is 10.7. The number of nitrogen functional groups attached to an aromatic ring is 1. The first-order chi connectivity index (χ1) is 9.22. The van der Waals surface area contributed by atoms with Gasteiger partial charge in [-0.05, 0) is 22.9 Å². The average molecular weight is 253 g/mol. The van der Waals surface area contributed by atoms with Gasteiger partial charge in [0.2, 0.25) is 0 Å². The molecule has 1 aromatic heterocycles. The molecule has 4 nitrogen and oxygen atoms in total. The molecular weight excluding hydrogens is 238 g/mol. The summed E-state index contributed by atoms with van der Waals surface area (Å²) >= 11 is 0. The van der Waals surface area contributed by atoms with Gasteiger partial charge in [0.15, 0.2) is 0 Å². The molecule has 0 unspecified atom stereocenters. The fraction of sp³-hybridized carbons (Fsp3) is 0.133. The van der Waals surface area contributed by atoms with E-state index in [0.717, 1.165) is 11.4 Å². The summed E-state index contributed by atoms with van der Waals surface area (Å²) in [7, 11) is 1.81. The second kappa shape index (κ2) is 4.65. The lowest BCUT2D eigenvalue weighted by molar-refractivity contribution is 0.300. The molecule has 1 heterocycles. The van der Waals surface area contributed by atoms with Gasteiger partial charge in [-0.3, -0.25) is 4.68 Å². The maximum atomic E-state index is 5.74. The topological polar surface area (TPSA) is 53.1 Å². The number of aromatic nitrogens is 2. The minimum Gasteiger partial charge on any atom is -0.487 e. The molecule has 0 aliphatic heterocycles. The largest absolute Gasteiger partial charge is 0.487 e. The van der Waals surface area contributed by atoms with Crippen molar-refractivity contribution in [1.82, 2.24) is 9.78 Å². The zero-order chi connectivity index (χ0) is 13.2. The summed E-state index contributed by atoms with van der Waals surface area (Å²) in [6, 6.07) is 16.1. The molecule has 0 saturated carbocycles. The number of nitrogens with zero attached hydrogens (tertiary/aromatic N) is 2. The van der Waals surface area contributed by atoms with Gasteiger partial charge in [-0.1, -0.05) is 30.3 Å². The number of aryl methyl sites for hydroxylation is 1. The van der Waals surface area contributed by atoms with Crippen molar-refractivity contribution in [3.63, 3.8) is 0 Å². The first kappa shape index (κ1) is 11.6. The molecule has 0 spiro atoms. The fourth-order valence-corrected chi connectivity index (χ4v) is 2.03. The van der Waals surface area contributed by atoms with E-state index in [1.807, 2.05) is 37.4 Å². The summed E-state index contributed by atoms with van der Waals surface area (Å²) < 4.78 is 7.38. The lowest BCUT2D eigenvalue weighted by Crippen LogP contribution is -1.99. The van der Waals surface area contributed by atoms with E-state index in [2.05, 4.69) is 23.3 Å². The molecule has 2 aromatic carbocycles. The predicted octanol–water partition coefficient (Wildman–Crippen LogP) is 2.73. The van der Waals surface area contributed by atoms with E-state index in [-0.39, 0.29) is 0 Å². The monoisotopic (exact) mass is 253 g/mol. The molecule has 0 aliphatic rings. The molecule has 0 bridgehead atoms. The molecule has 96 valence electrons. The predicted molar refractivity (Wildman–Crippen MR) is 75.9 cm³/mol. The van der Waals surface area contributed by atoms with Crippen LogP contribution in [0.1, 0.15) is 5.69 Å². The van der Waals surface area contributed by atoms with E-state index in [1.54, 1.807) is 4.68 Å². The molecule has 0 saturated heterocycles. The summed E-state index contributed by atoms with van der Waals surface area (Å²) in [4.78, 5) is 0. The van der Waals surface area contributed by atoms with Crippen molar-refractivity contribution in [2.75, 3.05) is 5.73 Å². The number of rotatable bonds is 3. The van der Waals surface area contributed by atoms with Crippen LogP contribution in [0.25, 0.3) is 10.8 Å². The minimum absolute atomic E-state index is 0.420. The van der Waals surface area contributed by atoms with Crippen molar-refractivity contribution in [3.05, 3.63) is 54.2 Å². The van der Waals surface area contributed by atoms with Gasteiger partial charge in [0.1, 0.15) is 23.9 Å². The van der Waals surface area contributed by atoms with E-state index in [9.17, 15) is 0 Å². The van der Waals surface area contributed by atoms with Crippen molar-refractivity contribution in [2.24, 2.45) is 7.05 Å². The molecule has 0 amide bonds. The molecule has 0 fully saturated rings. The van der Waals surface area contributed by atoms with Crippen LogP contribution in [0.2, 0.25) is 0 Å². The summed E-state index contributed by atoms with van der Waals surface area (Å²) in [5.41, 5.74) is 6.56. The highest BCUT2D eigenvalue weighted by atomic mass is 16.5. The van der Waals surface area contributed by atoms with Crippen LogP contribution in [-0.4, -0.2) is 9.78 Å². The summed E-state index contributed by atoms with van der Waals surface area (Å²) in [5.74, 6) is 1.47. The quantitative estimate of drug-likeness (QED) is 0.780. The highest BCUT2D eigenvalue weighted by Crippen LogP contribution is 2.21. The summed E-state index contributed by atoms with van der Waals surface area (Å²) in [6.45, 7) is 0.420. The lowest BCUT2D eigenvalue weighted by atomic mass is 10.1. The van der Waals surface area contributed by atoms with Crippen molar-refractivity contribution in [1.29, 1.82) is 0 Å². The third-order valence-corrected chi connectivity index (χ3v) is 3.07. The highest BCUT2D eigenvalue weighted by Gasteiger charge is 2.03. The second-order valence-corrected chi connectivity index (χ2v) is 4.48. The van der Waals surface area contributed by atoms with Crippen molar-refractivity contribution < 1.29 is 4.74 Å². The molecule has 0 radical (unpaired) electrons. The van der Waals surface area contributed by atoms with Crippen molar-refractivity contribution in [2.45, 2.75) is 6.61 Å². The van der Waals surface area contributed by atoms with Gasteiger partial charge in [0.25, 0.3) is 0 Å². The van der Waals surface area contributed by atoms with Gasteiger partial charge in [0.05, 0.1) is 0 Å². The van der Waals surface area contributed by atoms with Crippen LogP contribution < -0.4 is 10.5 Å². The Kier molecular flexibility index (Phi) is 2.83. The third-order valence-electron chi connectivity index (χ3n) is 3.07. The fourth-order valence-electron chi connectivity index (χ4n) is 2.03. The van der Waals surface area contributed by atoms with Gasteiger partial charge >= 0.3 is 0 Å².